The maximum absolute atomic E-state index is 13.0. The lowest BCUT2D eigenvalue weighted by Crippen LogP contribution is -2.44. The van der Waals surface area contributed by atoms with Gasteiger partial charge in [0.05, 0.1) is 11.8 Å². The van der Waals surface area contributed by atoms with Crippen molar-refractivity contribution in [3.8, 4) is 0 Å². The summed E-state index contributed by atoms with van der Waals surface area (Å²) < 4.78 is 0. The molecule has 1 aromatic carbocycles. The quantitative estimate of drug-likeness (QED) is 0.783. The standard InChI is InChI=1S/C22H25ClN2O3/c23-15-5-7-16(8-6-15)24-20(26)12-3-9-17(10-4-12)25-21(27)18-13-1-2-14(11-13)19(18)22(25)28/h5-8,12-14,17-19H,1-4,9-11H2,(H,24,26)/t12?,13-,14-,17?,18-,19-/m0/s1. The van der Waals surface area contributed by atoms with Gasteiger partial charge >= 0.3 is 0 Å². The third-order valence-corrected chi connectivity index (χ3v) is 7.76. The van der Waals surface area contributed by atoms with E-state index in [1.54, 1.807) is 29.2 Å². The number of carbonyl (C=O) groups excluding carboxylic acids is 3. The van der Waals surface area contributed by atoms with Crippen molar-refractivity contribution in [1.29, 1.82) is 0 Å². The zero-order valence-electron chi connectivity index (χ0n) is 15.8. The first-order chi connectivity index (χ1) is 13.5. The maximum Gasteiger partial charge on any atom is 0.233 e. The molecule has 5 nitrogen and oxygen atoms in total. The second-order valence-corrected chi connectivity index (χ2v) is 9.37. The van der Waals surface area contributed by atoms with Gasteiger partial charge in [0.15, 0.2) is 0 Å². The van der Waals surface area contributed by atoms with Crippen LogP contribution in [0.25, 0.3) is 0 Å². The number of halogens is 1. The van der Waals surface area contributed by atoms with Crippen molar-refractivity contribution >= 4 is 35.0 Å². The Kier molecular flexibility index (Phi) is 4.46. The Morgan fingerprint density at radius 3 is 2.04 bits per heavy atom. The van der Waals surface area contributed by atoms with Crippen LogP contribution in [0.2, 0.25) is 5.02 Å². The molecule has 3 aliphatic carbocycles. The molecule has 3 saturated carbocycles. The molecular weight excluding hydrogens is 376 g/mol. The van der Waals surface area contributed by atoms with Crippen LogP contribution in [-0.4, -0.2) is 28.7 Å². The average Bonchev–Trinajstić information content (AvgIpc) is 3.38. The zero-order valence-corrected chi connectivity index (χ0v) is 16.5. The molecule has 1 N–H and O–H groups in total. The van der Waals surface area contributed by atoms with Gasteiger partial charge in [-0.25, -0.2) is 0 Å². The summed E-state index contributed by atoms with van der Waals surface area (Å²) in [5.74, 6) is 0.864. The van der Waals surface area contributed by atoms with E-state index >= 15 is 0 Å². The molecule has 1 saturated heterocycles. The highest BCUT2D eigenvalue weighted by Crippen LogP contribution is 2.56. The van der Waals surface area contributed by atoms with E-state index in [0.29, 0.717) is 29.7 Å². The van der Waals surface area contributed by atoms with Crippen LogP contribution in [0.1, 0.15) is 44.9 Å². The summed E-state index contributed by atoms with van der Waals surface area (Å²) in [6.45, 7) is 0. The number of nitrogens with zero attached hydrogens (tertiary/aromatic N) is 1. The summed E-state index contributed by atoms with van der Waals surface area (Å²) in [7, 11) is 0. The minimum absolute atomic E-state index is 0.00904. The van der Waals surface area contributed by atoms with E-state index < -0.39 is 0 Å². The van der Waals surface area contributed by atoms with Gasteiger partial charge in [0.25, 0.3) is 0 Å². The lowest BCUT2D eigenvalue weighted by molar-refractivity contribution is -0.144. The number of benzene rings is 1. The maximum atomic E-state index is 13.0. The van der Waals surface area contributed by atoms with Crippen molar-refractivity contribution < 1.29 is 14.4 Å². The first-order valence-corrected chi connectivity index (χ1v) is 10.8. The van der Waals surface area contributed by atoms with Crippen LogP contribution >= 0.6 is 11.6 Å². The van der Waals surface area contributed by atoms with Crippen LogP contribution in [0, 0.1) is 29.6 Å². The molecule has 5 rings (SSSR count). The second-order valence-electron chi connectivity index (χ2n) is 8.93. The highest BCUT2D eigenvalue weighted by molar-refractivity contribution is 6.30. The molecule has 4 fully saturated rings. The minimum atomic E-state index is -0.0737. The Balaban J connectivity index is 1.20. The summed E-state index contributed by atoms with van der Waals surface area (Å²) in [5, 5.41) is 3.58. The van der Waals surface area contributed by atoms with Gasteiger partial charge in [0, 0.05) is 22.7 Å². The number of likely N-dealkylation sites (tertiary alicyclic amines) is 1. The highest BCUT2D eigenvalue weighted by atomic mass is 35.5. The van der Waals surface area contributed by atoms with E-state index in [0.717, 1.165) is 37.8 Å². The number of imide groups is 1. The van der Waals surface area contributed by atoms with Gasteiger partial charge in [0.2, 0.25) is 17.7 Å². The molecule has 0 radical (unpaired) electrons. The molecule has 6 heteroatoms. The van der Waals surface area contributed by atoms with Gasteiger partial charge in [-0.1, -0.05) is 11.6 Å². The molecular formula is C22H25ClN2O3. The smallest absolute Gasteiger partial charge is 0.233 e. The number of anilines is 1. The molecule has 28 heavy (non-hydrogen) atoms. The number of fused-ring (bicyclic) bond motifs is 5. The van der Waals surface area contributed by atoms with Gasteiger partial charge in [-0.3, -0.25) is 19.3 Å². The highest BCUT2D eigenvalue weighted by Gasteiger charge is 2.61. The van der Waals surface area contributed by atoms with E-state index in [-0.39, 0.29) is 41.5 Å². The van der Waals surface area contributed by atoms with E-state index in [1.165, 1.54) is 0 Å². The fraction of sp³-hybridized carbons (Fsp3) is 0.591. The van der Waals surface area contributed by atoms with Crippen molar-refractivity contribution in [2.24, 2.45) is 29.6 Å². The van der Waals surface area contributed by atoms with Crippen LogP contribution in [0.3, 0.4) is 0 Å². The summed E-state index contributed by atoms with van der Waals surface area (Å²) in [6.07, 6.45) is 6.16. The zero-order chi connectivity index (χ0) is 19.4. The Morgan fingerprint density at radius 1 is 0.893 bits per heavy atom. The molecule has 3 amide bonds. The molecule has 0 aromatic heterocycles. The van der Waals surface area contributed by atoms with E-state index in [9.17, 15) is 14.4 Å². The first kappa shape index (κ1) is 18.2. The Hall–Kier alpha value is -1.88. The number of amides is 3. The molecule has 4 atom stereocenters. The molecule has 0 unspecified atom stereocenters. The fourth-order valence-electron chi connectivity index (χ4n) is 6.17. The Labute approximate surface area is 169 Å². The van der Waals surface area contributed by atoms with E-state index in [2.05, 4.69) is 5.32 Å². The number of hydrogen-bond donors (Lipinski definition) is 1. The van der Waals surface area contributed by atoms with Crippen molar-refractivity contribution in [2.75, 3.05) is 5.32 Å². The number of carbonyl (C=O) groups is 3. The van der Waals surface area contributed by atoms with Crippen LogP contribution in [-0.2, 0) is 14.4 Å². The van der Waals surface area contributed by atoms with Crippen LogP contribution in [0.4, 0.5) is 5.69 Å². The molecule has 1 aromatic rings. The fourth-order valence-corrected chi connectivity index (χ4v) is 6.29. The van der Waals surface area contributed by atoms with E-state index in [4.69, 9.17) is 11.6 Å². The second kappa shape index (κ2) is 6.87. The van der Waals surface area contributed by atoms with Crippen LogP contribution in [0.15, 0.2) is 24.3 Å². The molecule has 0 spiro atoms. The molecule has 1 aliphatic heterocycles. The normalized spacial score (nSPS) is 36.7. The van der Waals surface area contributed by atoms with Gasteiger partial charge in [-0.15, -0.1) is 0 Å². The Morgan fingerprint density at radius 2 is 1.46 bits per heavy atom. The summed E-state index contributed by atoms with van der Waals surface area (Å²) in [5.41, 5.74) is 0.740. The average molecular weight is 401 g/mol. The summed E-state index contributed by atoms with van der Waals surface area (Å²) in [4.78, 5) is 40.1. The van der Waals surface area contributed by atoms with Crippen molar-refractivity contribution in [3.63, 3.8) is 0 Å². The topological polar surface area (TPSA) is 66.5 Å². The molecule has 1 heterocycles. The lowest BCUT2D eigenvalue weighted by atomic mass is 9.81. The number of hydrogen-bond acceptors (Lipinski definition) is 3. The van der Waals surface area contributed by atoms with Crippen LogP contribution in [0.5, 0.6) is 0 Å². The SMILES string of the molecule is O=C(Nc1ccc(Cl)cc1)C1CCC(N2C(=O)[C@H]3[C@H]4CC[C@@H](C4)[C@@H]3C2=O)CC1. The number of rotatable bonds is 3. The van der Waals surface area contributed by atoms with Crippen LogP contribution < -0.4 is 5.32 Å². The van der Waals surface area contributed by atoms with Gasteiger partial charge in [0.1, 0.15) is 0 Å². The van der Waals surface area contributed by atoms with Crippen molar-refractivity contribution in [1.82, 2.24) is 4.90 Å². The summed E-state index contributed by atoms with van der Waals surface area (Å²) in [6, 6.07) is 7.07. The van der Waals surface area contributed by atoms with Gasteiger partial charge in [-0.2, -0.15) is 0 Å². The molecule has 148 valence electrons. The van der Waals surface area contributed by atoms with Crippen molar-refractivity contribution in [2.45, 2.75) is 51.0 Å². The van der Waals surface area contributed by atoms with Crippen molar-refractivity contribution in [3.05, 3.63) is 29.3 Å². The minimum Gasteiger partial charge on any atom is -0.326 e. The lowest BCUT2D eigenvalue weighted by Gasteiger charge is -2.33. The third kappa shape index (κ3) is 2.86. The predicted molar refractivity (Wildman–Crippen MR) is 105 cm³/mol. The van der Waals surface area contributed by atoms with E-state index in [1.807, 2.05) is 0 Å². The van der Waals surface area contributed by atoms with Gasteiger partial charge < -0.3 is 5.32 Å². The van der Waals surface area contributed by atoms with Gasteiger partial charge in [-0.05, 0) is 81.0 Å². The summed E-state index contributed by atoms with van der Waals surface area (Å²) >= 11 is 5.88. The Bertz CT molecular complexity index is 788. The number of nitrogens with one attached hydrogen (secondary N) is 1. The third-order valence-electron chi connectivity index (χ3n) is 7.51. The monoisotopic (exact) mass is 400 g/mol. The molecule has 4 aliphatic rings. The predicted octanol–water partition coefficient (Wildman–Crippen LogP) is 3.87. The molecule has 2 bridgehead atoms. The first-order valence-electron chi connectivity index (χ1n) is 10.5. The largest absolute Gasteiger partial charge is 0.326 e.